The average molecular weight is 239 g/mol. The van der Waals surface area contributed by atoms with Crippen LogP contribution < -0.4 is 0 Å². The van der Waals surface area contributed by atoms with E-state index in [2.05, 4.69) is 11.0 Å². The molecule has 0 N–H and O–H groups in total. The number of nitrogens with zero attached hydrogens (tertiary/aromatic N) is 3. The standard InChI is InChI=1S/C12H21N3O2/c1-4-17-12(16)15-7-5-14(6-8-15)11(9-13)10(2)3/h10-11H,4-8H2,1-3H3. The minimum absolute atomic E-state index is 0.0562. The van der Waals surface area contributed by atoms with Crippen molar-refractivity contribution in [1.29, 1.82) is 5.26 Å². The molecule has 0 saturated carbocycles. The molecule has 1 rings (SSSR count). The van der Waals surface area contributed by atoms with Crippen molar-refractivity contribution in [3.05, 3.63) is 0 Å². The van der Waals surface area contributed by atoms with Crippen LogP contribution in [0, 0.1) is 17.2 Å². The fourth-order valence-corrected chi connectivity index (χ4v) is 2.05. The zero-order chi connectivity index (χ0) is 12.8. The first-order valence-corrected chi connectivity index (χ1v) is 6.15. The van der Waals surface area contributed by atoms with E-state index >= 15 is 0 Å². The lowest BCUT2D eigenvalue weighted by Gasteiger charge is -2.37. The van der Waals surface area contributed by atoms with Gasteiger partial charge in [0.25, 0.3) is 0 Å². The molecule has 1 fully saturated rings. The van der Waals surface area contributed by atoms with Crippen molar-refractivity contribution < 1.29 is 9.53 Å². The number of ether oxygens (including phenoxy) is 1. The van der Waals surface area contributed by atoms with E-state index in [1.807, 2.05) is 13.8 Å². The van der Waals surface area contributed by atoms with Crippen LogP contribution in [0.25, 0.3) is 0 Å². The molecule has 1 aliphatic heterocycles. The number of piperazine rings is 1. The van der Waals surface area contributed by atoms with Gasteiger partial charge in [-0.15, -0.1) is 0 Å². The molecule has 1 unspecified atom stereocenters. The van der Waals surface area contributed by atoms with Crippen LogP contribution in [0.15, 0.2) is 0 Å². The summed E-state index contributed by atoms with van der Waals surface area (Å²) < 4.78 is 4.95. The Morgan fingerprint density at radius 2 is 1.94 bits per heavy atom. The summed E-state index contributed by atoms with van der Waals surface area (Å²) in [5.74, 6) is 0.314. The first-order chi connectivity index (χ1) is 8.10. The Kier molecular flexibility index (Phi) is 5.23. The van der Waals surface area contributed by atoms with E-state index in [9.17, 15) is 4.79 Å². The van der Waals surface area contributed by atoms with Gasteiger partial charge in [-0.25, -0.2) is 4.79 Å². The average Bonchev–Trinajstić information content (AvgIpc) is 2.30. The highest BCUT2D eigenvalue weighted by molar-refractivity contribution is 5.67. The number of rotatable bonds is 3. The molecule has 0 radical (unpaired) electrons. The van der Waals surface area contributed by atoms with Crippen LogP contribution in [0.5, 0.6) is 0 Å². The van der Waals surface area contributed by atoms with Gasteiger partial charge in [0.05, 0.1) is 12.7 Å². The van der Waals surface area contributed by atoms with E-state index in [0.717, 1.165) is 13.1 Å². The Morgan fingerprint density at radius 3 is 2.35 bits per heavy atom. The van der Waals surface area contributed by atoms with Crippen LogP contribution in [0.3, 0.4) is 0 Å². The molecule has 1 heterocycles. The second-order valence-electron chi connectivity index (χ2n) is 4.54. The summed E-state index contributed by atoms with van der Waals surface area (Å²) in [7, 11) is 0. The molecule has 96 valence electrons. The molecule has 0 spiro atoms. The monoisotopic (exact) mass is 239 g/mol. The Morgan fingerprint density at radius 1 is 1.35 bits per heavy atom. The van der Waals surface area contributed by atoms with Crippen LogP contribution >= 0.6 is 0 Å². The summed E-state index contributed by atoms with van der Waals surface area (Å²) in [5.41, 5.74) is 0. The molecule has 1 amide bonds. The van der Waals surface area contributed by atoms with Crippen LogP contribution in [-0.2, 0) is 4.74 Å². The second kappa shape index (κ2) is 6.45. The van der Waals surface area contributed by atoms with Gasteiger partial charge < -0.3 is 9.64 Å². The van der Waals surface area contributed by atoms with Crippen molar-refractivity contribution in [2.75, 3.05) is 32.8 Å². The predicted octanol–water partition coefficient (Wildman–Crippen LogP) is 1.31. The van der Waals surface area contributed by atoms with Gasteiger partial charge in [-0.2, -0.15) is 5.26 Å². The topological polar surface area (TPSA) is 56.6 Å². The van der Waals surface area contributed by atoms with Gasteiger partial charge in [-0.05, 0) is 12.8 Å². The first kappa shape index (κ1) is 13.8. The minimum atomic E-state index is -0.245. The van der Waals surface area contributed by atoms with Crippen molar-refractivity contribution in [2.45, 2.75) is 26.8 Å². The minimum Gasteiger partial charge on any atom is -0.450 e. The fraction of sp³-hybridized carbons (Fsp3) is 0.833. The molecular weight excluding hydrogens is 218 g/mol. The molecule has 1 aliphatic rings. The number of nitriles is 1. The molecule has 0 aromatic heterocycles. The van der Waals surface area contributed by atoms with Gasteiger partial charge in [-0.3, -0.25) is 4.90 Å². The van der Waals surface area contributed by atoms with E-state index in [-0.39, 0.29) is 12.1 Å². The van der Waals surface area contributed by atoms with Gasteiger partial charge in [0.1, 0.15) is 6.04 Å². The molecule has 0 aromatic carbocycles. The Hall–Kier alpha value is -1.28. The maximum atomic E-state index is 11.5. The van der Waals surface area contributed by atoms with Gasteiger partial charge in [0, 0.05) is 26.2 Å². The Balaban J connectivity index is 2.45. The van der Waals surface area contributed by atoms with E-state index in [0.29, 0.717) is 25.6 Å². The number of hydrogen-bond donors (Lipinski definition) is 0. The molecule has 1 saturated heterocycles. The van der Waals surface area contributed by atoms with Crippen molar-refractivity contribution >= 4 is 6.09 Å². The lowest BCUT2D eigenvalue weighted by Crippen LogP contribution is -2.52. The van der Waals surface area contributed by atoms with Gasteiger partial charge in [-0.1, -0.05) is 13.8 Å². The third kappa shape index (κ3) is 3.60. The SMILES string of the molecule is CCOC(=O)N1CCN(C(C#N)C(C)C)CC1. The lowest BCUT2D eigenvalue weighted by molar-refractivity contribution is 0.0674. The van der Waals surface area contributed by atoms with Crippen LogP contribution in [0.1, 0.15) is 20.8 Å². The number of amides is 1. The van der Waals surface area contributed by atoms with Crippen molar-refractivity contribution in [3.8, 4) is 6.07 Å². The van der Waals surface area contributed by atoms with Gasteiger partial charge >= 0.3 is 6.09 Å². The summed E-state index contributed by atoms with van der Waals surface area (Å²) in [6, 6.07) is 2.28. The van der Waals surface area contributed by atoms with E-state index < -0.39 is 0 Å². The Bertz CT molecular complexity index is 291. The first-order valence-electron chi connectivity index (χ1n) is 6.15. The predicted molar refractivity (Wildman–Crippen MR) is 64.4 cm³/mol. The summed E-state index contributed by atoms with van der Waals surface area (Å²) in [4.78, 5) is 15.3. The maximum absolute atomic E-state index is 11.5. The van der Waals surface area contributed by atoms with Crippen molar-refractivity contribution in [1.82, 2.24) is 9.80 Å². The van der Waals surface area contributed by atoms with Crippen LogP contribution in [0.4, 0.5) is 4.79 Å². The van der Waals surface area contributed by atoms with E-state index in [4.69, 9.17) is 10.00 Å². The van der Waals surface area contributed by atoms with Crippen molar-refractivity contribution in [2.24, 2.45) is 5.92 Å². The van der Waals surface area contributed by atoms with Crippen LogP contribution in [-0.4, -0.2) is 54.7 Å². The molecule has 0 aliphatic carbocycles. The third-order valence-electron chi connectivity index (χ3n) is 3.00. The van der Waals surface area contributed by atoms with E-state index in [1.54, 1.807) is 11.8 Å². The summed E-state index contributed by atoms with van der Waals surface area (Å²) in [6.45, 7) is 9.08. The summed E-state index contributed by atoms with van der Waals surface area (Å²) >= 11 is 0. The molecule has 5 nitrogen and oxygen atoms in total. The largest absolute Gasteiger partial charge is 0.450 e. The summed E-state index contributed by atoms with van der Waals surface area (Å²) in [5, 5.41) is 9.11. The van der Waals surface area contributed by atoms with Gasteiger partial charge in [0.2, 0.25) is 0 Å². The molecule has 0 aromatic rings. The van der Waals surface area contributed by atoms with Crippen molar-refractivity contribution in [3.63, 3.8) is 0 Å². The Labute approximate surface area is 103 Å². The normalized spacial score (nSPS) is 18.9. The number of carbonyl (C=O) groups excluding carboxylic acids is 1. The molecular formula is C12H21N3O2. The quantitative estimate of drug-likeness (QED) is 0.745. The zero-order valence-electron chi connectivity index (χ0n) is 10.8. The maximum Gasteiger partial charge on any atom is 0.409 e. The molecule has 0 bridgehead atoms. The van der Waals surface area contributed by atoms with Gasteiger partial charge in [0.15, 0.2) is 0 Å². The fourth-order valence-electron chi connectivity index (χ4n) is 2.05. The lowest BCUT2D eigenvalue weighted by atomic mass is 10.0. The molecule has 17 heavy (non-hydrogen) atoms. The molecule has 5 heteroatoms. The highest BCUT2D eigenvalue weighted by atomic mass is 16.6. The third-order valence-corrected chi connectivity index (χ3v) is 3.00. The number of hydrogen-bond acceptors (Lipinski definition) is 4. The highest BCUT2D eigenvalue weighted by Gasteiger charge is 2.27. The molecule has 1 atom stereocenters. The van der Waals surface area contributed by atoms with E-state index in [1.165, 1.54) is 0 Å². The highest BCUT2D eigenvalue weighted by Crippen LogP contribution is 2.13. The zero-order valence-corrected chi connectivity index (χ0v) is 10.8. The summed E-state index contributed by atoms with van der Waals surface area (Å²) in [6.07, 6.45) is -0.245. The van der Waals surface area contributed by atoms with Crippen LogP contribution in [0.2, 0.25) is 0 Å². The number of carbonyl (C=O) groups is 1. The second-order valence-corrected chi connectivity index (χ2v) is 4.54. The smallest absolute Gasteiger partial charge is 0.409 e.